The van der Waals surface area contributed by atoms with Gasteiger partial charge in [-0.2, -0.15) is 0 Å². The second-order valence-corrected chi connectivity index (χ2v) is 5.58. The summed E-state index contributed by atoms with van der Waals surface area (Å²) < 4.78 is 2.37. The highest BCUT2D eigenvalue weighted by Crippen LogP contribution is 2.19. The molecule has 3 aromatic rings. The molecular weight excluding hydrogens is 246 g/mol. The van der Waals surface area contributed by atoms with E-state index in [9.17, 15) is 0 Å². The SMILES string of the molecule is CC(C)n1cc(Cc2ccc[nH]2)cc1Cc1ccc[nH]1. The Hall–Kier alpha value is -2.16. The van der Waals surface area contributed by atoms with E-state index in [4.69, 9.17) is 0 Å². The minimum atomic E-state index is 0.484. The quantitative estimate of drug-likeness (QED) is 0.703. The Kier molecular flexibility index (Phi) is 3.50. The van der Waals surface area contributed by atoms with Crippen molar-refractivity contribution in [2.45, 2.75) is 32.7 Å². The van der Waals surface area contributed by atoms with Crippen LogP contribution in [-0.2, 0) is 12.8 Å². The van der Waals surface area contributed by atoms with Crippen LogP contribution in [-0.4, -0.2) is 14.5 Å². The van der Waals surface area contributed by atoms with E-state index in [1.807, 2.05) is 12.4 Å². The Morgan fingerprint density at radius 3 is 2.20 bits per heavy atom. The molecule has 0 atom stereocenters. The van der Waals surface area contributed by atoms with Gasteiger partial charge in [-0.05, 0) is 49.7 Å². The Labute approximate surface area is 119 Å². The van der Waals surface area contributed by atoms with Crippen molar-refractivity contribution < 1.29 is 0 Å². The summed E-state index contributed by atoms with van der Waals surface area (Å²) in [5.41, 5.74) is 5.25. The van der Waals surface area contributed by atoms with Crippen LogP contribution in [0.25, 0.3) is 0 Å². The largest absolute Gasteiger partial charge is 0.365 e. The number of H-pyrrole nitrogens is 2. The van der Waals surface area contributed by atoms with Crippen molar-refractivity contribution in [3.05, 3.63) is 71.6 Å². The smallest absolute Gasteiger partial charge is 0.0280 e. The number of nitrogens with one attached hydrogen (secondary N) is 2. The molecule has 20 heavy (non-hydrogen) atoms. The molecule has 0 unspecified atom stereocenters. The van der Waals surface area contributed by atoms with Crippen LogP contribution in [0.15, 0.2) is 48.9 Å². The summed E-state index contributed by atoms with van der Waals surface area (Å²) in [6, 6.07) is 11.2. The Morgan fingerprint density at radius 1 is 1.00 bits per heavy atom. The lowest BCUT2D eigenvalue weighted by atomic mass is 10.1. The second-order valence-electron chi connectivity index (χ2n) is 5.58. The molecule has 3 heterocycles. The molecule has 0 aromatic carbocycles. The predicted molar refractivity (Wildman–Crippen MR) is 82.0 cm³/mol. The number of aromatic nitrogens is 3. The van der Waals surface area contributed by atoms with Crippen molar-refractivity contribution in [2.24, 2.45) is 0 Å². The highest BCUT2D eigenvalue weighted by Gasteiger charge is 2.10. The van der Waals surface area contributed by atoms with Crippen LogP contribution >= 0.6 is 0 Å². The van der Waals surface area contributed by atoms with Gasteiger partial charge >= 0.3 is 0 Å². The second kappa shape index (κ2) is 5.45. The molecule has 3 aromatic heterocycles. The third kappa shape index (κ3) is 2.72. The average molecular weight is 267 g/mol. The molecule has 3 nitrogen and oxygen atoms in total. The van der Waals surface area contributed by atoms with Gasteiger partial charge in [0.1, 0.15) is 0 Å². The molecule has 0 amide bonds. The van der Waals surface area contributed by atoms with Crippen LogP contribution in [0.5, 0.6) is 0 Å². The third-order valence-electron chi connectivity index (χ3n) is 3.64. The van der Waals surface area contributed by atoms with Crippen LogP contribution < -0.4 is 0 Å². The lowest BCUT2D eigenvalue weighted by molar-refractivity contribution is 0.580. The van der Waals surface area contributed by atoms with Gasteiger partial charge in [-0.3, -0.25) is 0 Å². The van der Waals surface area contributed by atoms with Gasteiger partial charge in [0.15, 0.2) is 0 Å². The highest BCUT2D eigenvalue weighted by atomic mass is 15.0. The topological polar surface area (TPSA) is 36.5 Å². The Bertz CT molecular complexity index is 643. The fourth-order valence-electron chi connectivity index (χ4n) is 2.68. The average Bonchev–Trinajstić information content (AvgIpc) is 3.12. The van der Waals surface area contributed by atoms with E-state index in [0.29, 0.717) is 6.04 Å². The Morgan fingerprint density at radius 2 is 1.65 bits per heavy atom. The zero-order valence-corrected chi connectivity index (χ0v) is 12.1. The van der Waals surface area contributed by atoms with Crippen molar-refractivity contribution in [1.29, 1.82) is 0 Å². The molecule has 0 aliphatic rings. The van der Waals surface area contributed by atoms with E-state index in [-0.39, 0.29) is 0 Å². The Balaban J connectivity index is 1.86. The predicted octanol–water partition coefficient (Wildman–Crippen LogP) is 3.91. The van der Waals surface area contributed by atoms with E-state index in [1.165, 1.54) is 22.6 Å². The molecule has 0 radical (unpaired) electrons. The van der Waals surface area contributed by atoms with Gasteiger partial charge < -0.3 is 14.5 Å². The maximum atomic E-state index is 3.29. The van der Waals surface area contributed by atoms with Crippen LogP contribution in [0.4, 0.5) is 0 Å². The molecule has 104 valence electrons. The zero-order valence-electron chi connectivity index (χ0n) is 12.1. The maximum Gasteiger partial charge on any atom is 0.0280 e. The van der Waals surface area contributed by atoms with Gasteiger partial charge in [0.25, 0.3) is 0 Å². The van der Waals surface area contributed by atoms with Gasteiger partial charge in [-0.25, -0.2) is 0 Å². The van der Waals surface area contributed by atoms with E-state index in [1.54, 1.807) is 0 Å². The third-order valence-corrected chi connectivity index (χ3v) is 3.64. The maximum absolute atomic E-state index is 3.29. The van der Waals surface area contributed by atoms with Crippen LogP contribution in [0.1, 0.15) is 42.5 Å². The molecule has 0 aliphatic heterocycles. The van der Waals surface area contributed by atoms with E-state index in [2.05, 4.69) is 64.9 Å². The summed E-state index contributed by atoms with van der Waals surface area (Å²) >= 11 is 0. The molecule has 3 rings (SSSR count). The number of aromatic amines is 2. The minimum Gasteiger partial charge on any atom is -0.365 e. The number of hydrogen-bond donors (Lipinski definition) is 2. The summed E-state index contributed by atoms with van der Waals surface area (Å²) in [5.74, 6) is 0. The van der Waals surface area contributed by atoms with Gasteiger partial charge in [0.05, 0.1) is 0 Å². The van der Waals surface area contributed by atoms with Crippen molar-refractivity contribution in [3.8, 4) is 0 Å². The monoisotopic (exact) mass is 267 g/mol. The zero-order chi connectivity index (χ0) is 13.9. The minimum absolute atomic E-state index is 0.484. The summed E-state index contributed by atoms with van der Waals surface area (Å²) in [7, 11) is 0. The standard InChI is InChI=1S/C17H21N3/c1-13(2)20-12-14(9-15-5-3-7-18-15)10-17(20)11-16-6-4-8-19-16/h3-8,10,12-13,18-19H,9,11H2,1-2H3. The summed E-state index contributed by atoms with van der Waals surface area (Å²) in [6.07, 6.45) is 8.16. The highest BCUT2D eigenvalue weighted by molar-refractivity contribution is 5.27. The molecule has 3 heteroatoms. The lowest BCUT2D eigenvalue weighted by Crippen LogP contribution is -2.04. The van der Waals surface area contributed by atoms with Crippen LogP contribution in [0, 0.1) is 0 Å². The van der Waals surface area contributed by atoms with E-state index < -0.39 is 0 Å². The first-order valence-electron chi connectivity index (χ1n) is 7.16. The lowest BCUT2D eigenvalue weighted by Gasteiger charge is -2.12. The molecule has 0 saturated heterocycles. The van der Waals surface area contributed by atoms with Crippen molar-refractivity contribution in [1.82, 2.24) is 14.5 Å². The molecule has 0 fully saturated rings. The summed E-state index contributed by atoms with van der Waals surface area (Å²) in [6.45, 7) is 4.47. The van der Waals surface area contributed by atoms with Crippen LogP contribution in [0.2, 0.25) is 0 Å². The number of rotatable bonds is 5. The van der Waals surface area contributed by atoms with Crippen molar-refractivity contribution >= 4 is 0 Å². The molecular formula is C17H21N3. The first-order valence-corrected chi connectivity index (χ1v) is 7.16. The summed E-state index contributed by atoms with van der Waals surface area (Å²) in [4.78, 5) is 6.56. The normalized spacial score (nSPS) is 11.3. The van der Waals surface area contributed by atoms with Gasteiger partial charge in [0, 0.05) is 54.6 Å². The fraction of sp³-hybridized carbons (Fsp3) is 0.294. The molecule has 0 saturated carbocycles. The van der Waals surface area contributed by atoms with Gasteiger partial charge in [-0.1, -0.05) is 0 Å². The van der Waals surface area contributed by atoms with Crippen molar-refractivity contribution in [3.63, 3.8) is 0 Å². The molecule has 0 bridgehead atoms. The molecule has 0 spiro atoms. The van der Waals surface area contributed by atoms with Gasteiger partial charge in [-0.15, -0.1) is 0 Å². The molecule has 0 aliphatic carbocycles. The van der Waals surface area contributed by atoms with Crippen LogP contribution in [0.3, 0.4) is 0 Å². The van der Waals surface area contributed by atoms with E-state index >= 15 is 0 Å². The number of hydrogen-bond acceptors (Lipinski definition) is 0. The van der Waals surface area contributed by atoms with E-state index in [0.717, 1.165) is 12.8 Å². The van der Waals surface area contributed by atoms with Gasteiger partial charge in [0.2, 0.25) is 0 Å². The first-order chi connectivity index (χ1) is 9.72. The first kappa shape index (κ1) is 12.9. The summed E-state index contributed by atoms with van der Waals surface area (Å²) in [5, 5.41) is 0. The van der Waals surface area contributed by atoms with Crippen molar-refractivity contribution in [2.75, 3.05) is 0 Å². The molecule has 2 N–H and O–H groups in total. The fourth-order valence-corrected chi connectivity index (χ4v) is 2.68. The number of nitrogens with zero attached hydrogens (tertiary/aromatic N) is 1.